The Kier molecular flexibility index (Phi) is 4.21. The normalized spacial score (nSPS) is 16.6. The second-order valence-corrected chi connectivity index (χ2v) is 4.82. The van der Waals surface area contributed by atoms with Gasteiger partial charge in [-0.1, -0.05) is 0 Å². The average molecular weight is 265 g/mol. The molecule has 1 fully saturated rings. The summed E-state index contributed by atoms with van der Waals surface area (Å²) in [6.07, 6.45) is 3.55. The van der Waals surface area contributed by atoms with Gasteiger partial charge in [-0.2, -0.15) is 0 Å². The number of nitrogens with two attached hydrogens (primary N) is 1. The van der Waals surface area contributed by atoms with Crippen molar-refractivity contribution < 1.29 is 14.6 Å². The van der Waals surface area contributed by atoms with Crippen molar-refractivity contribution in [1.29, 1.82) is 0 Å². The van der Waals surface area contributed by atoms with Crippen molar-refractivity contribution in [3.8, 4) is 0 Å². The van der Waals surface area contributed by atoms with E-state index in [4.69, 9.17) is 10.5 Å². The lowest BCUT2D eigenvalue weighted by atomic mass is 9.97. The van der Waals surface area contributed by atoms with Gasteiger partial charge in [0.15, 0.2) is 0 Å². The third-order valence-corrected chi connectivity index (χ3v) is 3.49. The molecule has 3 N–H and O–H groups in total. The maximum atomic E-state index is 11.3. The number of pyridine rings is 1. The van der Waals surface area contributed by atoms with Gasteiger partial charge in [-0.25, -0.2) is 9.78 Å². The van der Waals surface area contributed by atoms with E-state index < -0.39 is 5.97 Å². The van der Waals surface area contributed by atoms with Crippen LogP contribution in [0.1, 0.15) is 23.2 Å². The Labute approximate surface area is 112 Å². The highest BCUT2D eigenvalue weighted by Crippen LogP contribution is 2.27. The fraction of sp³-hybridized carbons (Fsp3) is 0.538. The maximum absolute atomic E-state index is 11.3. The van der Waals surface area contributed by atoms with Crippen molar-refractivity contribution in [3.63, 3.8) is 0 Å². The Morgan fingerprint density at radius 2 is 2.26 bits per heavy atom. The van der Waals surface area contributed by atoms with Crippen molar-refractivity contribution in [3.05, 3.63) is 17.8 Å². The van der Waals surface area contributed by atoms with Crippen molar-refractivity contribution >= 4 is 17.5 Å². The Balaban J connectivity index is 2.13. The van der Waals surface area contributed by atoms with Crippen LogP contribution in [0.5, 0.6) is 0 Å². The molecule has 0 unspecified atom stereocenters. The molecule has 0 spiro atoms. The molecule has 0 aromatic carbocycles. The summed E-state index contributed by atoms with van der Waals surface area (Å²) in [4.78, 5) is 17.3. The summed E-state index contributed by atoms with van der Waals surface area (Å²) in [5.41, 5.74) is 6.42. The van der Waals surface area contributed by atoms with Crippen LogP contribution in [0.4, 0.5) is 11.5 Å². The summed E-state index contributed by atoms with van der Waals surface area (Å²) in [6, 6.07) is 1.42. The van der Waals surface area contributed by atoms with Gasteiger partial charge >= 0.3 is 5.97 Å². The zero-order chi connectivity index (χ0) is 13.8. The molecule has 6 heteroatoms. The third kappa shape index (κ3) is 3.14. The SMILES string of the molecule is COCC1CCN(c2cnc(N)cc2C(=O)O)CC1. The Hall–Kier alpha value is -1.82. The van der Waals surface area contributed by atoms with E-state index in [2.05, 4.69) is 9.88 Å². The van der Waals surface area contributed by atoms with Gasteiger partial charge in [0.25, 0.3) is 0 Å². The third-order valence-electron chi connectivity index (χ3n) is 3.49. The van der Waals surface area contributed by atoms with E-state index in [-0.39, 0.29) is 11.4 Å². The van der Waals surface area contributed by atoms with Crippen LogP contribution in [0.25, 0.3) is 0 Å². The molecule has 1 aliphatic rings. The number of nitrogens with zero attached hydrogens (tertiary/aromatic N) is 2. The number of carboxylic acid groups (broad SMARTS) is 1. The fourth-order valence-electron chi connectivity index (χ4n) is 2.46. The number of aromatic carboxylic acids is 1. The minimum Gasteiger partial charge on any atom is -0.478 e. The molecule has 0 amide bonds. The quantitative estimate of drug-likeness (QED) is 0.851. The highest BCUT2D eigenvalue weighted by molar-refractivity contribution is 5.95. The first-order valence-corrected chi connectivity index (χ1v) is 6.34. The van der Waals surface area contributed by atoms with E-state index in [0.29, 0.717) is 11.6 Å². The molecule has 1 aliphatic heterocycles. The van der Waals surface area contributed by atoms with Crippen molar-refractivity contribution in [1.82, 2.24) is 4.98 Å². The first kappa shape index (κ1) is 13.6. The van der Waals surface area contributed by atoms with E-state index >= 15 is 0 Å². The number of hydrogen-bond acceptors (Lipinski definition) is 5. The van der Waals surface area contributed by atoms with Crippen molar-refractivity contribution in [2.45, 2.75) is 12.8 Å². The van der Waals surface area contributed by atoms with Crippen molar-refractivity contribution in [2.75, 3.05) is 37.4 Å². The van der Waals surface area contributed by atoms with Gasteiger partial charge in [0, 0.05) is 26.8 Å². The van der Waals surface area contributed by atoms with Crippen LogP contribution < -0.4 is 10.6 Å². The lowest BCUT2D eigenvalue weighted by Crippen LogP contribution is -2.36. The standard InChI is InChI=1S/C13H19N3O3/c1-19-8-9-2-4-16(5-3-9)11-7-15-12(14)6-10(11)13(17)18/h6-7,9H,2-5,8H2,1H3,(H2,14,15)(H,17,18). The van der Waals surface area contributed by atoms with E-state index in [1.165, 1.54) is 6.07 Å². The zero-order valence-electron chi connectivity index (χ0n) is 11.0. The molecule has 1 aromatic rings. The van der Waals surface area contributed by atoms with E-state index in [9.17, 15) is 9.90 Å². The topological polar surface area (TPSA) is 88.7 Å². The molecule has 0 radical (unpaired) electrons. The number of aromatic nitrogens is 1. The molecule has 0 atom stereocenters. The molecule has 0 aliphatic carbocycles. The number of ether oxygens (including phenoxy) is 1. The molecule has 0 bridgehead atoms. The second kappa shape index (κ2) is 5.88. The number of rotatable bonds is 4. The monoisotopic (exact) mass is 265 g/mol. The summed E-state index contributed by atoms with van der Waals surface area (Å²) in [7, 11) is 1.71. The highest BCUT2D eigenvalue weighted by Gasteiger charge is 2.23. The van der Waals surface area contributed by atoms with Crippen LogP contribution in [-0.2, 0) is 4.74 Å². The van der Waals surface area contributed by atoms with Gasteiger partial charge in [-0.15, -0.1) is 0 Å². The van der Waals surface area contributed by atoms with Gasteiger partial charge in [0.2, 0.25) is 0 Å². The fourth-order valence-corrected chi connectivity index (χ4v) is 2.46. The van der Waals surface area contributed by atoms with Gasteiger partial charge in [0.1, 0.15) is 5.82 Å². The number of carboxylic acids is 1. The second-order valence-electron chi connectivity index (χ2n) is 4.82. The predicted octanol–water partition coefficient (Wildman–Crippen LogP) is 1.22. The summed E-state index contributed by atoms with van der Waals surface area (Å²) < 4.78 is 5.16. The summed E-state index contributed by atoms with van der Waals surface area (Å²) in [5, 5.41) is 9.23. The van der Waals surface area contributed by atoms with Gasteiger partial charge < -0.3 is 20.5 Å². The lowest BCUT2D eigenvalue weighted by molar-refractivity contribution is 0.0697. The molecule has 1 aromatic heterocycles. The van der Waals surface area contributed by atoms with E-state index in [0.717, 1.165) is 32.5 Å². The number of anilines is 2. The maximum Gasteiger partial charge on any atom is 0.338 e. The molecular formula is C13H19N3O3. The summed E-state index contributed by atoms with van der Waals surface area (Å²) in [5.74, 6) is -0.185. The zero-order valence-corrected chi connectivity index (χ0v) is 11.0. The van der Waals surface area contributed by atoms with Gasteiger partial charge in [-0.05, 0) is 24.8 Å². The Bertz CT molecular complexity index is 456. The minimum atomic E-state index is -0.969. The molecule has 2 heterocycles. The number of nitrogen functional groups attached to an aromatic ring is 1. The molecule has 6 nitrogen and oxygen atoms in total. The predicted molar refractivity (Wildman–Crippen MR) is 72.4 cm³/mol. The minimum absolute atomic E-state index is 0.220. The van der Waals surface area contributed by atoms with Crippen LogP contribution in [-0.4, -0.2) is 42.9 Å². The molecule has 1 saturated heterocycles. The van der Waals surface area contributed by atoms with E-state index in [1.54, 1.807) is 13.3 Å². The molecule has 104 valence electrons. The number of carbonyl (C=O) groups is 1. The Morgan fingerprint density at radius 3 is 2.84 bits per heavy atom. The molecule has 19 heavy (non-hydrogen) atoms. The average Bonchev–Trinajstić information content (AvgIpc) is 2.40. The lowest BCUT2D eigenvalue weighted by Gasteiger charge is -2.33. The van der Waals surface area contributed by atoms with E-state index in [1.807, 2.05) is 0 Å². The van der Waals surface area contributed by atoms with Crippen LogP contribution in [0.15, 0.2) is 12.3 Å². The first-order chi connectivity index (χ1) is 9.11. The highest BCUT2D eigenvalue weighted by atomic mass is 16.5. The van der Waals surface area contributed by atoms with Crippen LogP contribution in [0.2, 0.25) is 0 Å². The van der Waals surface area contributed by atoms with Gasteiger partial charge in [-0.3, -0.25) is 0 Å². The largest absolute Gasteiger partial charge is 0.478 e. The molecule has 2 rings (SSSR count). The molecule has 0 saturated carbocycles. The van der Waals surface area contributed by atoms with Gasteiger partial charge in [0.05, 0.1) is 17.4 Å². The number of piperidine rings is 1. The number of methoxy groups -OCH3 is 1. The van der Waals surface area contributed by atoms with Crippen LogP contribution in [0.3, 0.4) is 0 Å². The van der Waals surface area contributed by atoms with Crippen molar-refractivity contribution in [2.24, 2.45) is 5.92 Å². The van der Waals surface area contributed by atoms with Crippen LogP contribution >= 0.6 is 0 Å². The smallest absolute Gasteiger partial charge is 0.338 e. The Morgan fingerprint density at radius 1 is 1.58 bits per heavy atom. The molecular weight excluding hydrogens is 246 g/mol. The summed E-state index contributed by atoms with van der Waals surface area (Å²) in [6.45, 7) is 2.40. The number of hydrogen-bond donors (Lipinski definition) is 2. The first-order valence-electron chi connectivity index (χ1n) is 6.34. The van der Waals surface area contributed by atoms with Crippen LogP contribution in [0, 0.1) is 5.92 Å². The summed E-state index contributed by atoms with van der Waals surface area (Å²) >= 11 is 0.